The number of carbonyl (C=O) groups excluding carboxylic acids is 2. The van der Waals surface area contributed by atoms with Gasteiger partial charge in [-0.3, -0.25) is 9.59 Å². The topological polar surface area (TPSA) is 85.1 Å². The number of ketones is 1. The fourth-order valence-corrected chi connectivity index (χ4v) is 2.91. The van der Waals surface area contributed by atoms with Crippen molar-refractivity contribution in [3.8, 4) is 11.5 Å². The highest BCUT2D eigenvalue weighted by Crippen LogP contribution is 2.25. The highest BCUT2D eigenvalue weighted by molar-refractivity contribution is 7.99. The lowest BCUT2D eigenvalue weighted by atomic mass is 10.1. The van der Waals surface area contributed by atoms with Crippen LogP contribution in [0.3, 0.4) is 0 Å². The average molecular weight is 388 g/mol. The van der Waals surface area contributed by atoms with Gasteiger partial charge in [0.05, 0.1) is 5.75 Å². The minimum absolute atomic E-state index is 0.0735. The maximum Gasteiger partial charge on any atom is 0.277 e. The molecule has 0 spiro atoms. The molecule has 3 aromatic rings. The zero-order chi connectivity index (χ0) is 18.5. The number of hydrogen-bond acceptors (Lipinski definition) is 6. The van der Waals surface area contributed by atoms with Crippen LogP contribution >= 0.6 is 23.4 Å². The van der Waals surface area contributed by atoms with E-state index in [-0.39, 0.29) is 17.4 Å². The van der Waals surface area contributed by atoms with E-state index in [0.29, 0.717) is 27.4 Å². The molecule has 3 rings (SSSR count). The van der Waals surface area contributed by atoms with Crippen LogP contribution in [-0.4, -0.2) is 27.6 Å². The highest BCUT2D eigenvalue weighted by Gasteiger charge is 2.12. The van der Waals surface area contributed by atoms with E-state index in [4.69, 9.17) is 16.0 Å². The minimum atomic E-state index is -0.160. The predicted molar refractivity (Wildman–Crippen MR) is 101 cm³/mol. The maximum atomic E-state index is 12.3. The van der Waals surface area contributed by atoms with E-state index in [0.717, 1.165) is 5.56 Å². The van der Waals surface area contributed by atoms with Crippen molar-refractivity contribution in [3.63, 3.8) is 0 Å². The highest BCUT2D eigenvalue weighted by atomic mass is 35.5. The van der Waals surface area contributed by atoms with Gasteiger partial charge in [0.1, 0.15) is 0 Å². The zero-order valence-electron chi connectivity index (χ0n) is 13.7. The van der Waals surface area contributed by atoms with Crippen LogP contribution in [0.1, 0.15) is 17.3 Å². The summed E-state index contributed by atoms with van der Waals surface area (Å²) in [5, 5.41) is 11.5. The molecule has 1 N–H and O–H groups in total. The molecule has 0 radical (unpaired) electrons. The number of carbonyl (C=O) groups is 2. The van der Waals surface area contributed by atoms with Gasteiger partial charge in [0, 0.05) is 28.8 Å². The van der Waals surface area contributed by atoms with Gasteiger partial charge in [-0.05, 0) is 48.5 Å². The Morgan fingerprint density at radius 1 is 1.08 bits per heavy atom. The number of halogens is 1. The van der Waals surface area contributed by atoms with Crippen molar-refractivity contribution in [2.45, 2.75) is 12.1 Å². The summed E-state index contributed by atoms with van der Waals surface area (Å²) in [5.74, 6) is 0.307. The molecule has 0 aliphatic carbocycles. The normalized spacial score (nSPS) is 10.5. The number of thioether (sulfide) groups is 1. The summed E-state index contributed by atoms with van der Waals surface area (Å²) in [5.41, 5.74) is 1.95. The first kappa shape index (κ1) is 18.2. The summed E-state index contributed by atoms with van der Waals surface area (Å²) in [4.78, 5) is 23.3. The van der Waals surface area contributed by atoms with E-state index in [2.05, 4.69) is 15.5 Å². The first-order chi connectivity index (χ1) is 12.5. The largest absolute Gasteiger partial charge is 0.411 e. The summed E-state index contributed by atoms with van der Waals surface area (Å²) in [6, 6.07) is 13.7. The molecule has 0 aliphatic heterocycles. The molecule has 0 aliphatic rings. The average Bonchev–Trinajstić information content (AvgIpc) is 3.09. The Labute approximate surface area is 159 Å². The van der Waals surface area contributed by atoms with Gasteiger partial charge in [0.25, 0.3) is 5.22 Å². The number of aromatic nitrogens is 2. The molecule has 26 heavy (non-hydrogen) atoms. The standard InChI is InChI=1S/C18H14ClN3O3S/c1-11(23)20-15-8-4-12(5-9-15)16(24)10-26-18-22-21-17(25-18)13-2-6-14(19)7-3-13/h2-9H,10H2,1H3,(H,20,23). The number of nitrogens with zero attached hydrogens (tertiary/aromatic N) is 2. The van der Waals surface area contributed by atoms with Crippen LogP contribution in [0.2, 0.25) is 5.02 Å². The second-order valence-corrected chi connectivity index (χ2v) is 6.71. The molecule has 0 unspecified atom stereocenters. The Balaban J connectivity index is 1.59. The van der Waals surface area contributed by atoms with E-state index in [1.807, 2.05) is 0 Å². The van der Waals surface area contributed by atoms with Gasteiger partial charge < -0.3 is 9.73 Å². The third kappa shape index (κ3) is 4.71. The number of hydrogen-bond donors (Lipinski definition) is 1. The number of nitrogens with one attached hydrogen (secondary N) is 1. The molecule has 0 atom stereocenters. The Morgan fingerprint density at radius 2 is 1.77 bits per heavy atom. The monoisotopic (exact) mass is 387 g/mol. The molecular weight excluding hydrogens is 374 g/mol. The van der Waals surface area contributed by atoms with Crippen molar-refractivity contribution < 1.29 is 14.0 Å². The summed E-state index contributed by atoms with van der Waals surface area (Å²) in [6.07, 6.45) is 0. The van der Waals surface area contributed by atoms with Crippen molar-refractivity contribution in [1.29, 1.82) is 0 Å². The van der Waals surface area contributed by atoms with Crippen LogP contribution < -0.4 is 5.32 Å². The lowest BCUT2D eigenvalue weighted by Crippen LogP contribution is -2.07. The SMILES string of the molecule is CC(=O)Nc1ccc(C(=O)CSc2nnc(-c3ccc(Cl)cc3)o2)cc1. The van der Waals surface area contributed by atoms with Gasteiger partial charge in [0.2, 0.25) is 11.8 Å². The Bertz CT molecular complexity index is 924. The van der Waals surface area contributed by atoms with E-state index in [9.17, 15) is 9.59 Å². The molecule has 1 heterocycles. The van der Waals surface area contributed by atoms with Crippen molar-refractivity contribution in [3.05, 3.63) is 59.1 Å². The van der Waals surface area contributed by atoms with Gasteiger partial charge in [0.15, 0.2) is 5.78 Å². The molecule has 8 heteroatoms. The third-order valence-corrected chi connectivity index (χ3v) is 4.42. The summed E-state index contributed by atoms with van der Waals surface area (Å²) >= 11 is 7.02. The van der Waals surface area contributed by atoms with Crippen LogP contribution in [0.15, 0.2) is 58.2 Å². The molecule has 0 bridgehead atoms. The maximum absolute atomic E-state index is 12.3. The quantitative estimate of drug-likeness (QED) is 0.500. The smallest absolute Gasteiger partial charge is 0.277 e. The van der Waals surface area contributed by atoms with Crippen LogP contribution in [0, 0.1) is 0 Å². The second kappa shape index (κ2) is 8.16. The molecule has 1 aromatic heterocycles. The number of benzene rings is 2. The molecule has 6 nitrogen and oxygen atoms in total. The van der Waals surface area contributed by atoms with Crippen LogP contribution in [0.4, 0.5) is 5.69 Å². The number of Topliss-reactive ketones (excluding diaryl/α,β-unsaturated/α-hetero) is 1. The Kier molecular flexibility index (Phi) is 5.70. The van der Waals surface area contributed by atoms with E-state index < -0.39 is 0 Å². The molecule has 1 amide bonds. The first-order valence-electron chi connectivity index (χ1n) is 7.64. The van der Waals surface area contributed by atoms with Gasteiger partial charge in [-0.25, -0.2) is 0 Å². The zero-order valence-corrected chi connectivity index (χ0v) is 15.3. The van der Waals surface area contributed by atoms with Crippen LogP contribution in [-0.2, 0) is 4.79 Å². The second-order valence-electron chi connectivity index (χ2n) is 5.35. The molecule has 0 fully saturated rings. The van der Waals surface area contributed by atoms with E-state index in [1.165, 1.54) is 18.7 Å². The molecule has 2 aromatic carbocycles. The Morgan fingerprint density at radius 3 is 2.42 bits per heavy atom. The number of amides is 1. The number of anilines is 1. The first-order valence-corrected chi connectivity index (χ1v) is 9.01. The molecule has 0 saturated carbocycles. The summed E-state index contributed by atoms with van der Waals surface area (Å²) in [7, 11) is 0. The minimum Gasteiger partial charge on any atom is -0.411 e. The lowest BCUT2D eigenvalue weighted by Gasteiger charge is -2.03. The van der Waals surface area contributed by atoms with Gasteiger partial charge in [-0.2, -0.15) is 0 Å². The molecular formula is C18H14ClN3O3S. The molecule has 0 saturated heterocycles. The summed E-state index contributed by atoms with van der Waals surface area (Å²) in [6.45, 7) is 1.43. The fraction of sp³-hybridized carbons (Fsp3) is 0.111. The van der Waals surface area contributed by atoms with Gasteiger partial charge >= 0.3 is 0 Å². The lowest BCUT2D eigenvalue weighted by molar-refractivity contribution is -0.114. The van der Waals surface area contributed by atoms with Crippen LogP contribution in [0.5, 0.6) is 0 Å². The van der Waals surface area contributed by atoms with E-state index >= 15 is 0 Å². The Hall–Kier alpha value is -2.64. The van der Waals surface area contributed by atoms with Crippen molar-refractivity contribution in [1.82, 2.24) is 10.2 Å². The third-order valence-electron chi connectivity index (χ3n) is 3.35. The van der Waals surface area contributed by atoms with Gasteiger partial charge in [-0.1, -0.05) is 23.4 Å². The van der Waals surface area contributed by atoms with Crippen molar-refractivity contribution >= 4 is 40.7 Å². The molecule has 132 valence electrons. The summed E-state index contributed by atoms with van der Waals surface area (Å²) < 4.78 is 5.56. The van der Waals surface area contributed by atoms with Gasteiger partial charge in [-0.15, -0.1) is 10.2 Å². The van der Waals surface area contributed by atoms with Crippen molar-refractivity contribution in [2.75, 3.05) is 11.1 Å². The number of rotatable bonds is 6. The van der Waals surface area contributed by atoms with Crippen LogP contribution in [0.25, 0.3) is 11.5 Å². The fourth-order valence-electron chi connectivity index (χ4n) is 2.13. The van der Waals surface area contributed by atoms with E-state index in [1.54, 1.807) is 48.5 Å². The van der Waals surface area contributed by atoms with Crippen molar-refractivity contribution in [2.24, 2.45) is 0 Å². The predicted octanol–water partition coefficient (Wildman–Crippen LogP) is 4.32.